The van der Waals surface area contributed by atoms with Gasteiger partial charge in [0, 0.05) is 6.92 Å². The van der Waals surface area contributed by atoms with E-state index in [0.717, 1.165) is 18.4 Å². The number of hydrogen-bond acceptors (Lipinski definition) is 2. The van der Waals surface area contributed by atoms with Gasteiger partial charge in [0.15, 0.2) is 0 Å². The zero-order valence-electron chi connectivity index (χ0n) is 8.89. The third-order valence-corrected chi connectivity index (χ3v) is 1.52. The van der Waals surface area contributed by atoms with E-state index in [1.54, 1.807) is 0 Å². The first-order chi connectivity index (χ1) is 6.02. The maximum Gasteiger partial charge on any atom is 0.307 e. The molecule has 0 aromatic heterocycles. The third-order valence-electron chi connectivity index (χ3n) is 1.52. The molecule has 0 aliphatic rings. The van der Waals surface area contributed by atoms with E-state index in [1.165, 1.54) is 18.8 Å². The summed E-state index contributed by atoms with van der Waals surface area (Å²) in [6.45, 7) is 7.51. The maximum atomic E-state index is 10.5. The molecule has 0 aliphatic carbocycles. The van der Waals surface area contributed by atoms with Gasteiger partial charge in [-0.05, 0) is 39.2 Å². The second-order valence-corrected chi connectivity index (χ2v) is 3.39. The zero-order valence-corrected chi connectivity index (χ0v) is 8.89. The lowest BCUT2D eigenvalue weighted by atomic mass is 10.1. The molecule has 0 heterocycles. The SMILES string of the molecule is CC(=O)OC=C(C)CCC=C(C)C. The van der Waals surface area contributed by atoms with Gasteiger partial charge in [0.2, 0.25) is 0 Å². The Morgan fingerprint density at radius 3 is 2.31 bits per heavy atom. The Labute approximate surface area is 80.3 Å². The molecule has 0 saturated carbocycles. The Kier molecular flexibility index (Phi) is 5.94. The Bertz CT molecular complexity index is 220. The Morgan fingerprint density at radius 2 is 1.85 bits per heavy atom. The van der Waals surface area contributed by atoms with E-state index >= 15 is 0 Å². The van der Waals surface area contributed by atoms with Crippen LogP contribution in [0.25, 0.3) is 0 Å². The number of rotatable bonds is 4. The van der Waals surface area contributed by atoms with E-state index in [2.05, 4.69) is 19.9 Å². The molecule has 0 bridgehead atoms. The lowest BCUT2D eigenvalue weighted by molar-refractivity contribution is -0.135. The highest BCUT2D eigenvalue weighted by Gasteiger charge is 1.91. The maximum absolute atomic E-state index is 10.5. The molecule has 2 heteroatoms. The van der Waals surface area contributed by atoms with Crippen molar-refractivity contribution < 1.29 is 9.53 Å². The number of ether oxygens (including phenoxy) is 1. The van der Waals surface area contributed by atoms with Gasteiger partial charge >= 0.3 is 5.97 Å². The normalized spacial score (nSPS) is 10.9. The standard InChI is InChI=1S/C11H18O2/c1-9(2)6-5-7-10(3)8-13-11(4)12/h6,8H,5,7H2,1-4H3. The molecule has 0 saturated heterocycles. The van der Waals surface area contributed by atoms with Crippen molar-refractivity contribution in [1.82, 2.24) is 0 Å². The fourth-order valence-electron chi connectivity index (χ4n) is 0.831. The molecule has 0 atom stereocenters. The zero-order chi connectivity index (χ0) is 10.3. The molecule has 0 fully saturated rings. The van der Waals surface area contributed by atoms with Gasteiger partial charge in [-0.2, -0.15) is 0 Å². The van der Waals surface area contributed by atoms with Gasteiger partial charge in [0.05, 0.1) is 6.26 Å². The van der Waals surface area contributed by atoms with Crippen molar-refractivity contribution in [3.63, 3.8) is 0 Å². The number of carbonyl (C=O) groups excluding carboxylic acids is 1. The summed E-state index contributed by atoms with van der Waals surface area (Å²) in [6, 6.07) is 0. The van der Waals surface area contributed by atoms with Crippen LogP contribution in [0.2, 0.25) is 0 Å². The molecule has 2 nitrogen and oxygen atoms in total. The van der Waals surface area contributed by atoms with E-state index in [0.29, 0.717) is 0 Å². The first-order valence-electron chi connectivity index (χ1n) is 4.48. The molecular formula is C11H18O2. The van der Waals surface area contributed by atoms with Crippen LogP contribution in [-0.4, -0.2) is 5.97 Å². The molecule has 13 heavy (non-hydrogen) atoms. The molecule has 0 unspecified atom stereocenters. The fraction of sp³-hybridized carbons (Fsp3) is 0.545. The van der Waals surface area contributed by atoms with Crippen molar-refractivity contribution >= 4 is 5.97 Å². The predicted molar refractivity (Wildman–Crippen MR) is 54.2 cm³/mol. The summed E-state index contributed by atoms with van der Waals surface area (Å²) in [5, 5.41) is 0. The van der Waals surface area contributed by atoms with Crippen molar-refractivity contribution in [2.45, 2.75) is 40.5 Å². The van der Waals surface area contributed by atoms with Crippen LogP contribution in [0.5, 0.6) is 0 Å². The molecule has 74 valence electrons. The molecule has 0 amide bonds. The highest BCUT2D eigenvalue weighted by Crippen LogP contribution is 2.06. The van der Waals surface area contributed by atoms with Gasteiger partial charge in [-0.25, -0.2) is 0 Å². The molecule has 0 aromatic rings. The van der Waals surface area contributed by atoms with Crippen molar-refractivity contribution in [3.8, 4) is 0 Å². The number of allylic oxidation sites excluding steroid dienone is 3. The second-order valence-electron chi connectivity index (χ2n) is 3.39. The van der Waals surface area contributed by atoms with E-state index in [1.807, 2.05) is 6.92 Å². The largest absolute Gasteiger partial charge is 0.435 e. The van der Waals surface area contributed by atoms with Gasteiger partial charge < -0.3 is 4.74 Å². The highest BCUT2D eigenvalue weighted by molar-refractivity contribution is 5.66. The number of carbonyl (C=O) groups is 1. The van der Waals surface area contributed by atoms with Crippen molar-refractivity contribution in [2.24, 2.45) is 0 Å². The molecule has 0 rings (SSSR count). The number of hydrogen-bond donors (Lipinski definition) is 0. The monoisotopic (exact) mass is 182 g/mol. The van der Waals surface area contributed by atoms with Crippen LogP contribution in [0, 0.1) is 0 Å². The van der Waals surface area contributed by atoms with Gasteiger partial charge in [-0.1, -0.05) is 11.6 Å². The van der Waals surface area contributed by atoms with Crippen LogP contribution >= 0.6 is 0 Å². The van der Waals surface area contributed by atoms with Crippen molar-refractivity contribution in [1.29, 1.82) is 0 Å². The third kappa shape index (κ3) is 8.86. The van der Waals surface area contributed by atoms with Crippen LogP contribution in [0.4, 0.5) is 0 Å². The minimum Gasteiger partial charge on any atom is -0.435 e. The Morgan fingerprint density at radius 1 is 1.23 bits per heavy atom. The summed E-state index contributed by atoms with van der Waals surface area (Å²) >= 11 is 0. The second kappa shape index (κ2) is 6.46. The van der Waals surface area contributed by atoms with Crippen LogP contribution in [0.1, 0.15) is 40.5 Å². The molecule has 0 aromatic carbocycles. The van der Waals surface area contributed by atoms with Crippen molar-refractivity contribution in [3.05, 3.63) is 23.5 Å². The fourth-order valence-corrected chi connectivity index (χ4v) is 0.831. The summed E-state index contributed by atoms with van der Waals surface area (Å²) in [6.07, 6.45) is 5.65. The average molecular weight is 182 g/mol. The minimum absolute atomic E-state index is 0.262. The quantitative estimate of drug-likeness (QED) is 0.379. The van der Waals surface area contributed by atoms with Crippen LogP contribution < -0.4 is 0 Å². The van der Waals surface area contributed by atoms with Crippen molar-refractivity contribution in [2.75, 3.05) is 0 Å². The van der Waals surface area contributed by atoms with E-state index < -0.39 is 0 Å². The van der Waals surface area contributed by atoms with Crippen LogP contribution in [0.15, 0.2) is 23.5 Å². The topological polar surface area (TPSA) is 26.3 Å². The average Bonchev–Trinajstić information content (AvgIpc) is 2.00. The van der Waals surface area contributed by atoms with Crippen LogP contribution in [-0.2, 0) is 9.53 Å². The van der Waals surface area contributed by atoms with Gasteiger partial charge in [0.1, 0.15) is 0 Å². The highest BCUT2D eigenvalue weighted by atomic mass is 16.5. The van der Waals surface area contributed by atoms with Gasteiger partial charge in [0.25, 0.3) is 0 Å². The Hall–Kier alpha value is -1.05. The molecule has 0 radical (unpaired) electrons. The minimum atomic E-state index is -0.262. The smallest absolute Gasteiger partial charge is 0.307 e. The van der Waals surface area contributed by atoms with E-state index in [9.17, 15) is 4.79 Å². The predicted octanol–water partition coefficient (Wildman–Crippen LogP) is 3.20. The first kappa shape index (κ1) is 11.9. The van der Waals surface area contributed by atoms with E-state index in [-0.39, 0.29) is 5.97 Å². The van der Waals surface area contributed by atoms with E-state index in [4.69, 9.17) is 4.74 Å². The first-order valence-corrected chi connectivity index (χ1v) is 4.48. The number of esters is 1. The lowest BCUT2D eigenvalue weighted by Crippen LogP contribution is -1.91. The summed E-state index contributed by atoms with van der Waals surface area (Å²) < 4.78 is 4.74. The van der Waals surface area contributed by atoms with Crippen LogP contribution in [0.3, 0.4) is 0 Å². The molecule has 0 aliphatic heterocycles. The molecular weight excluding hydrogens is 164 g/mol. The van der Waals surface area contributed by atoms with Gasteiger partial charge in [-0.3, -0.25) is 4.79 Å². The summed E-state index contributed by atoms with van der Waals surface area (Å²) in [7, 11) is 0. The molecule has 0 N–H and O–H groups in total. The lowest BCUT2D eigenvalue weighted by Gasteiger charge is -1.98. The van der Waals surface area contributed by atoms with Gasteiger partial charge in [-0.15, -0.1) is 0 Å². The Balaban J connectivity index is 3.73. The molecule has 0 spiro atoms. The summed E-state index contributed by atoms with van der Waals surface area (Å²) in [5.74, 6) is -0.262. The summed E-state index contributed by atoms with van der Waals surface area (Å²) in [4.78, 5) is 10.5. The summed E-state index contributed by atoms with van der Waals surface area (Å²) in [5.41, 5.74) is 2.41.